The van der Waals surface area contributed by atoms with Crippen molar-refractivity contribution in [3.63, 3.8) is 0 Å². The summed E-state index contributed by atoms with van der Waals surface area (Å²) < 4.78 is 1.03. The standard InChI is InChI=1S/C8H8BrClS2/c1-2-11-12-8-4-3-6(9)5-7(8)10/h3-5H,2H2,1H3. The highest BCUT2D eigenvalue weighted by molar-refractivity contribution is 9.10. The summed E-state index contributed by atoms with van der Waals surface area (Å²) >= 11 is 9.37. The van der Waals surface area contributed by atoms with Crippen LogP contribution in [0.4, 0.5) is 0 Å². The summed E-state index contributed by atoms with van der Waals surface area (Å²) in [7, 11) is 3.52. The molecule has 0 nitrogen and oxygen atoms in total. The molecule has 1 aromatic rings. The fourth-order valence-corrected chi connectivity index (χ4v) is 3.27. The first kappa shape index (κ1) is 10.8. The van der Waals surface area contributed by atoms with E-state index in [0.29, 0.717) is 0 Å². The fraction of sp³-hybridized carbons (Fsp3) is 0.250. The SMILES string of the molecule is CCSSc1ccc(Br)cc1Cl. The first-order valence-corrected chi connectivity index (χ1v) is 6.97. The number of benzene rings is 1. The van der Waals surface area contributed by atoms with Crippen LogP contribution >= 0.6 is 49.1 Å². The number of rotatable bonds is 3. The molecule has 0 aliphatic carbocycles. The van der Waals surface area contributed by atoms with Crippen LogP contribution in [-0.4, -0.2) is 5.75 Å². The van der Waals surface area contributed by atoms with E-state index >= 15 is 0 Å². The van der Waals surface area contributed by atoms with Crippen LogP contribution in [0, 0.1) is 0 Å². The van der Waals surface area contributed by atoms with Gasteiger partial charge in [-0.2, -0.15) is 0 Å². The van der Waals surface area contributed by atoms with Crippen LogP contribution in [0.2, 0.25) is 5.02 Å². The van der Waals surface area contributed by atoms with E-state index in [1.54, 1.807) is 21.6 Å². The summed E-state index contributed by atoms with van der Waals surface area (Å²) in [6.45, 7) is 2.13. The van der Waals surface area contributed by atoms with E-state index in [-0.39, 0.29) is 0 Å². The van der Waals surface area contributed by atoms with Gasteiger partial charge >= 0.3 is 0 Å². The lowest BCUT2D eigenvalue weighted by atomic mass is 10.4. The summed E-state index contributed by atoms with van der Waals surface area (Å²) in [5, 5.41) is 0.815. The number of halogens is 2. The Balaban J connectivity index is 2.72. The maximum absolute atomic E-state index is 6.00. The van der Waals surface area contributed by atoms with Crippen molar-refractivity contribution in [2.24, 2.45) is 0 Å². The Kier molecular flexibility index (Phi) is 4.87. The highest BCUT2D eigenvalue weighted by atomic mass is 79.9. The van der Waals surface area contributed by atoms with Crippen molar-refractivity contribution in [2.45, 2.75) is 11.8 Å². The van der Waals surface area contributed by atoms with Gasteiger partial charge < -0.3 is 0 Å². The summed E-state index contributed by atoms with van der Waals surface area (Å²) in [6.07, 6.45) is 0. The molecule has 0 unspecified atom stereocenters. The van der Waals surface area contributed by atoms with Crippen molar-refractivity contribution in [1.82, 2.24) is 0 Å². The third kappa shape index (κ3) is 3.21. The number of hydrogen-bond donors (Lipinski definition) is 0. The highest BCUT2D eigenvalue weighted by Gasteiger charge is 2.00. The van der Waals surface area contributed by atoms with Gasteiger partial charge in [0.1, 0.15) is 0 Å². The molecule has 0 aliphatic rings. The summed E-state index contributed by atoms with van der Waals surface area (Å²) in [5.74, 6) is 1.09. The van der Waals surface area contributed by atoms with E-state index in [0.717, 1.165) is 20.1 Å². The van der Waals surface area contributed by atoms with E-state index in [2.05, 4.69) is 22.9 Å². The van der Waals surface area contributed by atoms with Gasteiger partial charge in [0.15, 0.2) is 0 Å². The van der Waals surface area contributed by atoms with Gasteiger partial charge in [0.2, 0.25) is 0 Å². The molecule has 1 aromatic carbocycles. The predicted molar refractivity (Wildman–Crippen MR) is 63.1 cm³/mol. The molecule has 0 heterocycles. The zero-order valence-corrected chi connectivity index (χ0v) is 10.5. The minimum absolute atomic E-state index is 0.815. The molecule has 0 spiro atoms. The minimum atomic E-state index is 0.815. The van der Waals surface area contributed by atoms with Crippen LogP contribution in [0.3, 0.4) is 0 Å². The molecule has 0 aromatic heterocycles. The van der Waals surface area contributed by atoms with Gasteiger partial charge in [0.05, 0.1) is 5.02 Å². The molecule has 0 N–H and O–H groups in total. The molecule has 0 fully saturated rings. The summed E-state index contributed by atoms with van der Waals surface area (Å²) in [5.41, 5.74) is 0. The van der Waals surface area contributed by atoms with Crippen LogP contribution < -0.4 is 0 Å². The maximum atomic E-state index is 6.00. The van der Waals surface area contributed by atoms with Gasteiger partial charge in [-0.3, -0.25) is 0 Å². The second kappa shape index (κ2) is 5.43. The van der Waals surface area contributed by atoms with Crippen molar-refractivity contribution in [2.75, 3.05) is 5.75 Å². The van der Waals surface area contributed by atoms with Crippen molar-refractivity contribution < 1.29 is 0 Å². The number of hydrogen-bond acceptors (Lipinski definition) is 2. The largest absolute Gasteiger partial charge is 0.0892 e. The lowest BCUT2D eigenvalue weighted by Gasteiger charge is -2.01. The Bertz CT molecular complexity index is 265. The third-order valence-electron chi connectivity index (χ3n) is 1.16. The average molecular weight is 284 g/mol. The molecule has 0 radical (unpaired) electrons. The second-order valence-corrected chi connectivity index (χ2v) is 6.01. The molecule has 0 aliphatic heterocycles. The zero-order valence-electron chi connectivity index (χ0n) is 6.51. The monoisotopic (exact) mass is 282 g/mol. The molecule has 12 heavy (non-hydrogen) atoms. The zero-order chi connectivity index (χ0) is 8.97. The van der Waals surface area contributed by atoms with E-state index in [1.807, 2.05) is 18.2 Å². The van der Waals surface area contributed by atoms with Crippen molar-refractivity contribution in [3.05, 3.63) is 27.7 Å². The lowest BCUT2D eigenvalue weighted by molar-refractivity contribution is 1.45. The van der Waals surface area contributed by atoms with Crippen molar-refractivity contribution in [1.29, 1.82) is 0 Å². The van der Waals surface area contributed by atoms with E-state index in [9.17, 15) is 0 Å². The lowest BCUT2D eigenvalue weighted by Crippen LogP contribution is -1.72. The van der Waals surface area contributed by atoms with E-state index < -0.39 is 0 Å². The molecule has 0 amide bonds. The van der Waals surface area contributed by atoms with E-state index in [1.165, 1.54) is 0 Å². The molecule has 0 saturated carbocycles. The fourth-order valence-electron chi connectivity index (χ4n) is 0.665. The highest BCUT2D eigenvalue weighted by Crippen LogP contribution is 2.36. The van der Waals surface area contributed by atoms with Crippen LogP contribution in [0.25, 0.3) is 0 Å². The third-order valence-corrected chi connectivity index (χ3v) is 4.57. The maximum Gasteiger partial charge on any atom is 0.0561 e. The molecule has 4 heteroatoms. The van der Waals surface area contributed by atoms with Crippen molar-refractivity contribution in [3.8, 4) is 0 Å². The first-order chi connectivity index (χ1) is 5.74. The normalized spacial score (nSPS) is 10.2. The van der Waals surface area contributed by atoms with Crippen LogP contribution in [0.15, 0.2) is 27.6 Å². The van der Waals surface area contributed by atoms with Crippen LogP contribution in [0.5, 0.6) is 0 Å². The van der Waals surface area contributed by atoms with Crippen molar-refractivity contribution >= 4 is 49.1 Å². The average Bonchev–Trinajstić information content (AvgIpc) is 2.03. The van der Waals surface area contributed by atoms with Crippen LogP contribution in [-0.2, 0) is 0 Å². The molecule has 0 atom stereocenters. The molecule has 66 valence electrons. The molecule has 1 rings (SSSR count). The Morgan fingerprint density at radius 1 is 1.50 bits per heavy atom. The Morgan fingerprint density at radius 3 is 2.83 bits per heavy atom. The first-order valence-electron chi connectivity index (χ1n) is 3.48. The van der Waals surface area contributed by atoms with Gasteiger partial charge in [-0.15, -0.1) is 0 Å². The van der Waals surface area contributed by atoms with Crippen LogP contribution in [0.1, 0.15) is 6.92 Å². The predicted octanol–water partition coefficient (Wildman–Crippen LogP) is 4.86. The van der Waals surface area contributed by atoms with E-state index in [4.69, 9.17) is 11.6 Å². The van der Waals surface area contributed by atoms with Gasteiger partial charge in [-0.05, 0) is 18.2 Å². The Hall–Kier alpha value is 0.690. The van der Waals surface area contributed by atoms with Gasteiger partial charge in [-0.1, -0.05) is 56.0 Å². The molecule has 0 saturated heterocycles. The van der Waals surface area contributed by atoms with Gasteiger partial charge in [-0.25, -0.2) is 0 Å². The minimum Gasteiger partial charge on any atom is -0.0892 e. The Labute approximate surface area is 94.0 Å². The quantitative estimate of drug-likeness (QED) is 0.726. The topological polar surface area (TPSA) is 0 Å². The second-order valence-electron chi connectivity index (χ2n) is 2.06. The smallest absolute Gasteiger partial charge is 0.0561 e. The van der Waals surface area contributed by atoms with Gasteiger partial charge in [0.25, 0.3) is 0 Å². The molecule has 0 bridgehead atoms. The summed E-state index contributed by atoms with van der Waals surface area (Å²) in [4.78, 5) is 1.13. The Morgan fingerprint density at radius 2 is 2.25 bits per heavy atom. The van der Waals surface area contributed by atoms with Gasteiger partial charge in [0, 0.05) is 15.1 Å². The molecular formula is C8H8BrClS2. The summed E-state index contributed by atoms with van der Waals surface area (Å²) in [6, 6.07) is 5.95. The molecular weight excluding hydrogens is 276 g/mol.